The molecule has 102 valence electrons. The number of hydrogen-bond acceptors (Lipinski definition) is 2. The monoisotopic (exact) mass is 278 g/mol. The summed E-state index contributed by atoms with van der Waals surface area (Å²) in [5.41, 5.74) is 5.64. The highest BCUT2D eigenvalue weighted by Crippen LogP contribution is 2.27. The maximum absolute atomic E-state index is 12.8. The third-order valence-corrected chi connectivity index (χ3v) is 2.82. The van der Waals surface area contributed by atoms with Crippen molar-refractivity contribution in [1.29, 1.82) is 0 Å². The van der Waals surface area contributed by atoms with E-state index in [2.05, 4.69) is 0 Å². The van der Waals surface area contributed by atoms with Gasteiger partial charge in [0.05, 0.1) is 0 Å². The van der Waals surface area contributed by atoms with Crippen molar-refractivity contribution in [1.82, 2.24) is 4.90 Å². The number of carbonyl (C=O) groups excluding carboxylic acids is 1. The Morgan fingerprint density at radius 2 is 2.00 bits per heavy atom. The van der Waals surface area contributed by atoms with E-state index in [0.29, 0.717) is 6.42 Å². The van der Waals surface area contributed by atoms with Crippen molar-refractivity contribution < 1.29 is 22.4 Å². The largest absolute Gasteiger partial charge is 0.383 e. The second-order valence-electron chi connectivity index (χ2n) is 4.10. The smallest absolute Gasteiger partial charge is 0.337 e. The van der Waals surface area contributed by atoms with Crippen molar-refractivity contribution in [3.63, 3.8) is 0 Å². The molecular formula is C9H15ClF4N2O. The lowest BCUT2D eigenvalue weighted by molar-refractivity contribution is -0.182. The average Bonchev–Trinajstić information content (AvgIpc) is 2.20. The Morgan fingerprint density at radius 1 is 1.47 bits per heavy atom. The normalized spacial score (nSPS) is 25.7. The minimum absolute atomic E-state index is 0. The molecule has 0 radical (unpaired) electrons. The number of hydrogen-bond donors (Lipinski definition) is 1. The van der Waals surface area contributed by atoms with Crippen LogP contribution in [0, 0.1) is 5.92 Å². The van der Waals surface area contributed by atoms with Crippen LogP contribution in [0.1, 0.15) is 13.3 Å². The second kappa shape index (κ2) is 5.86. The maximum Gasteiger partial charge on any atom is 0.383 e. The molecule has 0 aliphatic carbocycles. The van der Waals surface area contributed by atoms with E-state index in [1.165, 1.54) is 0 Å². The van der Waals surface area contributed by atoms with E-state index in [0.717, 1.165) is 4.90 Å². The summed E-state index contributed by atoms with van der Waals surface area (Å²) in [6.07, 6.45) is -3.61. The SMILES string of the molecule is CC1CN(C(=O)C(F)(F)C(F)F)CCC1N.Cl. The number of carbonyl (C=O) groups is 1. The highest BCUT2D eigenvalue weighted by atomic mass is 35.5. The molecule has 1 aliphatic rings. The van der Waals surface area contributed by atoms with Gasteiger partial charge in [0, 0.05) is 19.1 Å². The van der Waals surface area contributed by atoms with E-state index in [9.17, 15) is 22.4 Å². The molecule has 1 aliphatic heterocycles. The first kappa shape index (κ1) is 16.4. The minimum Gasteiger partial charge on any atom is -0.337 e. The summed E-state index contributed by atoms with van der Waals surface area (Å²) in [6.45, 7) is 1.71. The molecule has 3 nitrogen and oxygen atoms in total. The van der Waals surface area contributed by atoms with Crippen molar-refractivity contribution >= 4 is 18.3 Å². The van der Waals surface area contributed by atoms with Gasteiger partial charge in [0.2, 0.25) is 0 Å². The summed E-state index contributed by atoms with van der Waals surface area (Å²) < 4.78 is 49.5. The Hall–Kier alpha value is -0.560. The summed E-state index contributed by atoms with van der Waals surface area (Å²) in [5, 5.41) is 0. The van der Waals surface area contributed by atoms with Crippen LogP contribution in [0.25, 0.3) is 0 Å². The number of nitrogens with zero attached hydrogens (tertiary/aromatic N) is 1. The molecule has 17 heavy (non-hydrogen) atoms. The number of rotatable bonds is 2. The van der Waals surface area contributed by atoms with Crippen LogP contribution in [-0.4, -0.2) is 42.3 Å². The van der Waals surface area contributed by atoms with Gasteiger partial charge in [-0.15, -0.1) is 12.4 Å². The topological polar surface area (TPSA) is 46.3 Å². The molecule has 0 bridgehead atoms. The zero-order valence-electron chi connectivity index (χ0n) is 9.21. The zero-order chi connectivity index (χ0) is 12.5. The Labute approximate surface area is 103 Å². The Bertz CT molecular complexity index is 278. The van der Waals surface area contributed by atoms with Gasteiger partial charge in [-0.1, -0.05) is 6.92 Å². The first-order chi connectivity index (χ1) is 7.26. The van der Waals surface area contributed by atoms with Gasteiger partial charge in [0.25, 0.3) is 5.91 Å². The fourth-order valence-corrected chi connectivity index (χ4v) is 1.65. The van der Waals surface area contributed by atoms with Crippen molar-refractivity contribution in [2.75, 3.05) is 13.1 Å². The van der Waals surface area contributed by atoms with E-state index in [-0.39, 0.29) is 37.5 Å². The van der Waals surface area contributed by atoms with E-state index in [1.807, 2.05) is 0 Å². The molecular weight excluding hydrogens is 264 g/mol. The van der Waals surface area contributed by atoms with Crippen LogP contribution < -0.4 is 5.73 Å². The fraction of sp³-hybridized carbons (Fsp3) is 0.889. The Morgan fingerprint density at radius 3 is 2.41 bits per heavy atom. The van der Waals surface area contributed by atoms with Crippen LogP contribution in [0.15, 0.2) is 0 Å². The second-order valence-corrected chi connectivity index (χ2v) is 4.10. The van der Waals surface area contributed by atoms with Gasteiger partial charge in [-0.25, -0.2) is 8.78 Å². The van der Waals surface area contributed by atoms with E-state index < -0.39 is 18.3 Å². The molecule has 1 amide bonds. The van der Waals surface area contributed by atoms with Gasteiger partial charge in [-0.2, -0.15) is 8.78 Å². The highest BCUT2D eigenvalue weighted by Gasteiger charge is 2.51. The molecule has 0 saturated carbocycles. The molecule has 1 heterocycles. The molecule has 8 heteroatoms. The van der Waals surface area contributed by atoms with Crippen LogP contribution in [0.2, 0.25) is 0 Å². The molecule has 1 rings (SSSR count). The third kappa shape index (κ3) is 3.45. The van der Waals surface area contributed by atoms with Gasteiger partial charge >= 0.3 is 12.3 Å². The number of piperidine rings is 1. The molecule has 0 spiro atoms. The summed E-state index contributed by atoms with van der Waals surface area (Å²) in [6, 6.07) is -0.177. The Balaban J connectivity index is 0.00000256. The van der Waals surface area contributed by atoms with Crippen LogP contribution in [-0.2, 0) is 4.79 Å². The molecule has 1 saturated heterocycles. The lowest BCUT2D eigenvalue weighted by atomic mass is 9.94. The maximum atomic E-state index is 12.8. The number of likely N-dealkylation sites (tertiary alicyclic amines) is 1. The lowest BCUT2D eigenvalue weighted by Gasteiger charge is -2.36. The molecule has 2 atom stereocenters. The van der Waals surface area contributed by atoms with Crippen molar-refractivity contribution in [2.45, 2.75) is 31.7 Å². The van der Waals surface area contributed by atoms with Crippen molar-refractivity contribution in [2.24, 2.45) is 11.7 Å². The minimum atomic E-state index is -4.60. The molecule has 0 aromatic heterocycles. The number of alkyl halides is 4. The quantitative estimate of drug-likeness (QED) is 0.778. The Kier molecular flexibility index (Phi) is 5.67. The van der Waals surface area contributed by atoms with E-state index in [1.54, 1.807) is 6.92 Å². The lowest BCUT2D eigenvalue weighted by Crippen LogP contribution is -2.54. The first-order valence-electron chi connectivity index (χ1n) is 4.97. The van der Waals surface area contributed by atoms with Crippen LogP contribution in [0.3, 0.4) is 0 Å². The summed E-state index contributed by atoms with van der Waals surface area (Å²) >= 11 is 0. The van der Waals surface area contributed by atoms with E-state index in [4.69, 9.17) is 5.73 Å². The van der Waals surface area contributed by atoms with Crippen molar-refractivity contribution in [3.05, 3.63) is 0 Å². The molecule has 2 N–H and O–H groups in total. The van der Waals surface area contributed by atoms with E-state index >= 15 is 0 Å². The molecule has 0 aromatic rings. The molecule has 1 fully saturated rings. The summed E-state index contributed by atoms with van der Waals surface area (Å²) in [5.74, 6) is -6.56. The van der Waals surface area contributed by atoms with Crippen LogP contribution in [0.4, 0.5) is 17.6 Å². The standard InChI is InChI=1S/C9H14F4N2O.ClH/c1-5-4-15(3-2-6(5)14)8(16)9(12,13)7(10)11;/h5-7H,2-4,14H2,1H3;1H. The number of amides is 1. The number of halogens is 5. The fourth-order valence-electron chi connectivity index (χ4n) is 1.65. The average molecular weight is 279 g/mol. The zero-order valence-corrected chi connectivity index (χ0v) is 10.0. The summed E-state index contributed by atoms with van der Waals surface area (Å²) in [7, 11) is 0. The van der Waals surface area contributed by atoms with Crippen LogP contribution >= 0.6 is 12.4 Å². The predicted molar refractivity (Wildman–Crippen MR) is 56.5 cm³/mol. The predicted octanol–water partition coefficient (Wildman–Crippen LogP) is 1.50. The van der Waals surface area contributed by atoms with Gasteiger partial charge in [-0.3, -0.25) is 4.79 Å². The highest BCUT2D eigenvalue weighted by molar-refractivity contribution is 5.85. The van der Waals surface area contributed by atoms with Gasteiger partial charge in [-0.05, 0) is 12.3 Å². The van der Waals surface area contributed by atoms with Crippen molar-refractivity contribution in [3.8, 4) is 0 Å². The van der Waals surface area contributed by atoms with Gasteiger partial charge in [0.1, 0.15) is 0 Å². The third-order valence-electron chi connectivity index (χ3n) is 2.82. The number of nitrogens with two attached hydrogens (primary N) is 1. The molecule has 0 aromatic carbocycles. The van der Waals surface area contributed by atoms with Crippen LogP contribution in [0.5, 0.6) is 0 Å². The molecule has 2 unspecified atom stereocenters. The van der Waals surface area contributed by atoms with Gasteiger partial charge < -0.3 is 10.6 Å². The summed E-state index contributed by atoms with van der Waals surface area (Å²) in [4.78, 5) is 11.9. The first-order valence-corrected chi connectivity index (χ1v) is 4.97. The van der Waals surface area contributed by atoms with Gasteiger partial charge in [0.15, 0.2) is 0 Å².